The number of para-hydroxylation sites is 1. The first-order valence-electron chi connectivity index (χ1n) is 3.36. The minimum absolute atomic E-state index is 0.867. The molecule has 1 aromatic carbocycles. The summed E-state index contributed by atoms with van der Waals surface area (Å²) < 4.78 is 0. The summed E-state index contributed by atoms with van der Waals surface area (Å²) in [5, 5.41) is 10.2. The van der Waals surface area contributed by atoms with Crippen LogP contribution in [0.5, 0.6) is 0 Å². The fourth-order valence-corrected chi connectivity index (χ4v) is 0.655. The van der Waals surface area contributed by atoms with Gasteiger partial charge in [0, 0.05) is 0 Å². The van der Waals surface area contributed by atoms with E-state index in [2.05, 4.69) is 20.9 Å². The molecule has 12 heavy (non-hydrogen) atoms. The normalized spacial score (nSPS) is 11.0. The molecule has 0 aromatic heterocycles. The van der Waals surface area contributed by atoms with Gasteiger partial charge in [0.05, 0.1) is 5.69 Å². The highest BCUT2D eigenvalue weighted by Gasteiger charge is 1.82. The maximum Gasteiger partial charge on any atom is 0.159 e. The van der Waals surface area contributed by atoms with Gasteiger partial charge in [-0.25, -0.2) is 0 Å². The fraction of sp³-hybridized carbons (Fsp3) is 0. The van der Waals surface area contributed by atoms with Gasteiger partial charge in [0.2, 0.25) is 0 Å². The van der Waals surface area contributed by atoms with Gasteiger partial charge < -0.3 is 5.84 Å². The van der Waals surface area contributed by atoms with E-state index < -0.39 is 0 Å². The van der Waals surface area contributed by atoms with Crippen LogP contribution in [0.25, 0.3) is 0 Å². The highest BCUT2D eigenvalue weighted by Crippen LogP contribution is 2.03. The van der Waals surface area contributed by atoms with Crippen molar-refractivity contribution in [1.82, 2.24) is 0 Å². The van der Waals surface area contributed by atoms with Crippen molar-refractivity contribution in [2.45, 2.75) is 0 Å². The highest BCUT2D eigenvalue weighted by atomic mass is 15.4. The summed E-state index contributed by atoms with van der Waals surface area (Å²) in [5.74, 6) is 4.80. The lowest BCUT2D eigenvalue weighted by molar-refractivity contribution is 1.15. The maximum atomic E-state index is 4.80. The number of rotatable bonds is 3. The van der Waals surface area contributed by atoms with E-state index in [1.165, 1.54) is 0 Å². The van der Waals surface area contributed by atoms with E-state index in [0.717, 1.165) is 12.0 Å². The molecule has 5 heteroatoms. The minimum atomic E-state index is 0.867. The SMILES string of the molecule is NN=CN=NNc1ccccc1. The number of nitrogens with two attached hydrogens (primary N) is 1. The first kappa shape index (κ1) is 8.19. The van der Waals surface area contributed by atoms with Gasteiger partial charge in [-0.1, -0.05) is 23.4 Å². The van der Waals surface area contributed by atoms with Crippen molar-refractivity contribution in [3.05, 3.63) is 30.3 Å². The Labute approximate surface area is 70.0 Å². The molecule has 0 bridgehead atoms. The second kappa shape index (κ2) is 4.84. The Morgan fingerprint density at radius 2 is 2.00 bits per heavy atom. The zero-order chi connectivity index (χ0) is 8.65. The Bertz CT molecular complexity index is 266. The number of anilines is 1. The Hall–Kier alpha value is -1.91. The summed E-state index contributed by atoms with van der Waals surface area (Å²) in [6.45, 7) is 0. The summed E-state index contributed by atoms with van der Waals surface area (Å²) in [7, 11) is 0. The number of nitrogens with one attached hydrogen (secondary N) is 1. The monoisotopic (exact) mass is 163 g/mol. The van der Waals surface area contributed by atoms with Crippen LogP contribution < -0.4 is 11.3 Å². The fourth-order valence-electron chi connectivity index (χ4n) is 0.655. The first-order chi connectivity index (χ1) is 5.93. The predicted molar refractivity (Wildman–Crippen MR) is 47.6 cm³/mol. The lowest BCUT2D eigenvalue weighted by atomic mass is 10.3. The van der Waals surface area contributed by atoms with Gasteiger partial charge >= 0.3 is 0 Å². The molecule has 0 aliphatic rings. The summed E-state index contributed by atoms with van der Waals surface area (Å²) in [5.41, 5.74) is 3.56. The van der Waals surface area contributed by atoms with Gasteiger partial charge in [-0.3, -0.25) is 5.43 Å². The molecule has 0 unspecified atom stereocenters. The Morgan fingerprint density at radius 1 is 1.25 bits per heavy atom. The Balaban J connectivity index is 2.43. The molecule has 1 rings (SSSR count). The van der Waals surface area contributed by atoms with E-state index in [1.807, 2.05) is 30.3 Å². The lowest BCUT2D eigenvalue weighted by Gasteiger charge is -1.94. The topological polar surface area (TPSA) is 75.1 Å². The molecule has 0 heterocycles. The molecule has 0 saturated heterocycles. The molecule has 0 spiro atoms. The van der Waals surface area contributed by atoms with Crippen molar-refractivity contribution >= 4 is 12.0 Å². The third-order valence-electron chi connectivity index (χ3n) is 1.13. The van der Waals surface area contributed by atoms with Gasteiger partial charge in [-0.2, -0.15) is 5.10 Å². The molecule has 0 aliphatic heterocycles. The number of hydrogen-bond acceptors (Lipinski definition) is 3. The molecule has 62 valence electrons. The molecule has 0 fully saturated rings. The van der Waals surface area contributed by atoms with Crippen LogP contribution >= 0.6 is 0 Å². The first-order valence-corrected chi connectivity index (χ1v) is 3.36. The van der Waals surface area contributed by atoms with Crippen LogP contribution in [0.3, 0.4) is 0 Å². The van der Waals surface area contributed by atoms with Crippen LogP contribution in [0.1, 0.15) is 0 Å². The maximum absolute atomic E-state index is 4.80. The van der Waals surface area contributed by atoms with Crippen molar-refractivity contribution in [3.63, 3.8) is 0 Å². The van der Waals surface area contributed by atoms with Gasteiger partial charge in [0.15, 0.2) is 6.34 Å². The third kappa shape index (κ3) is 2.78. The summed E-state index contributed by atoms with van der Waals surface area (Å²) in [4.78, 5) is 0. The number of hydrogen-bond donors (Lipinski definition) is 2. The molecule has 0 saturated carbocycles. The molecule has 0 atom stereocenters. The van der Waals surface area contributed by atoms with Gasteiger partial charge in [0.1, 0.15) is 0 Å². The smallest absolute Gasteiger partial charge is 0.159 e. The van der Waals surface area contributed by atoms with Crippen LogP contribution in [-0.2, 0) is 0 Å². The number of nitrogens with zero attached hydrogens (tertiary/aromatic N) is 3. The Morgan fingerprint density at radius 3 is 2.67 bits per heavy atom. The van der Waals surface area contributed by atoms with E-state index in [-0.39, 0.29) is 0 Å². The molecule has 0 aliphatic carbocycles. The Kier molecular flexibility index (Phi) is 3.30. The van der Waals surface area contributed by atoms with Gasteiger partial charge in [-0.05, 0) is 12.1 Å². The second-order valence-corrected chi connectivity index (χ2v) is 1.96. The van der Waals surface area contributed by atoms with Crippen LogP contribution in [0.2, 0.25) is 0 Å². The molecule has 5 nitrogen and oxygen atoms in total. The molecule has 3 N–H and O–H groups in total. The van der Waals surface area contributed by atoms with Crippen LogP contribution in [-0.4, -0.2) is 6.34 Å². The van der Waals surface area contributed by atoms with E-state index in [9.17, 15) is 0 Å². The van der Waals surface area contributed by atoms with Crippen molar-refractivity contribution in [2.24, 2.45) is 21.3 Å². The van der Waals surface area contributed by atoms with E-state index in [1.54, 1.807) is 0 Å². The van der Waals surface area contributed by atoms with E-state index >= 15 is 0 Å². The van der Waals surface area contributed by atoms with Crippen molar-refractivity contribution in [1.29, 1.82) is 0 Å². The lowest BCUT2D eigenvalue weighted by Crippen LogP contribution is -1.86. The quantitative estimate of drug-likeness (QED) is 0.232. The molecule has 1 aromatic rings. The molecular formula is C7H9N5. The van der Waals surface area contributed by atoms with Crippen LogP contribution in [0, 0.1) is 0 Å². The third-order valence-corrected chi connectivity index (χ3v) is 1.13. The zero-order valence-corrected chi connectivity index (χ0v) is 6.38. The zero-order valence-electron chi connectivity index (χ0n) is 6.38. The summed E-state index contributed by atoms with van der Waals surface area (Å²) in [6.07, 6.45) is 1.15. The average Bonchev–Trinajstić information content (AvgIpc) is 2.14. The van der Waals surface area contributed by atoms with Crippen molar-refractivity contribution < 1.29 is 0 Å². The standard InChI is InChI=1S/C7H9N5/c8-9-6-10-12-11-7-4-2-1-3-5-7/h1-6H,8H2,(H,9,10,11). The van der Waals surface area contributed by atoms with Crippen LogP contribution in [0.4, 0.5) is 5.69 Å². The van der Waals surface area contributed by atoms with Crippen LogP contribution in [0.15, 0.2) is 45.8 Å². The second-order valence-electron chi connectivity index (χ2n) is 1.96. The number of hydrazone groups is 1. The summed E-state index contributed by atoms with van der Waals surface area (Å²) in [6, 6.07) is 9.46. The highest BCUT2D eigenvalue weighted by molar-refractivity contribution is 5.54. The van der Waals surface area contributed by atoms with E-state index in [4.69, 9.17) is 5.84 Å². The molecule has 0 amide bonds. The predicted octanol–water partition coefficient (Wildman–Crippen LogP) is 1.37. The van der Waals surface area contributed by atoms with Gasteiger partial charge in [-0.15, -0.1) is 5.11 Å². The molecule has 0 radical (unpaired) electrons. The van der Waals surface area contributed by atoms with Crippen molar-refractivity contribution in [3.8, 4) is 0 Å². The number of benzene rings is 1. The molecular weight excluding hydrogens is 154 g/mol. The average molecular weight is 163 g/mol. The largest absolute Gasteiger partial charge is 0.322 e. The minimum Gasteiger partial charge on any atom is -0.322 e. The van der Waals surface area contributed by atoms with Crippen molar-refractivity contribution in [2.75, 3.05) is 5.43 Å². The van der Waals surface area contributed by atoms with E-state index in [0.29, 0.717) is 0 Å². The van der Waals surface area contributed by atoms with Gasteiger partial charge in [0.25, 0.3) is 0 Å². The summed E-state index contributed by atoms with van der Waals surface area (Å²) >= 11 is 0.